The standard InChI is InChI=1S/C14H17N5O2/c15-12(17-21)11-10-7-4-8-18(10)14(20)19(13(11)16)9-5-2-1-3-6-9/h1-3,5-6,10,21H,4,7-8,16H2,(H2,15,17). The van der Waals surface area contributed by atoms with Gasteiger partial charge in [-0.2, -0.15) is 0 Å². The maximum absolute atomic E-state index is 12.7. The molecule has 110 valence electrons. The van der Waals surface area contributed by atoms with Gasteiger partial charge in [0.1, 0.15) is 5.82 Å². The first-order valence-corrected chi connectivity index (χ1v) is 6.78. The third-order valence-electron chi connectivity index (χ3n) is 3.94. The fourth-order valence-electron chi connectivity index (χ4n) is 3.00. The van der Waals surface area contributed by atoms with Crippen LogP contribution in [0.1, 0.15) is 12.8 Å². The average Bonchev–Trinajstić information content (AvgIpc) is 2.97. The topological polar surface area (TPSA) is 108 Å². The van der Waals surface area contributed by atoms with E-state index in [1.54, 1.807) is 17.0 Å². The van der Waals surface area contributed by atoms with Crippen LogP contribution in [0.15, 0.2) is 46.9 Å². The van der Waals surface area contributed by atoms with Crippen molar-refractivity contribution in [1.82, 2.24) is 4.90 Å². The van der Waals surface area contributed by atoms with E-state index in [0.29, 0.717) is 17.8 Å². The molecule has 2 amide bonds. The highest BCUT2D eigenvalue weighted by atomic mass is 16.4. The maximum Gasteiger partial charge on any atom is 0.330 e. The second-order valence-corrected chi connectivity index (χ2v) is 5.09. The second-order valence-electron chi connectivity index (χ2n) is 5.09. The molecule has 2 aliphatic rings. The monoisotopic (exact) mass is 287 g/mol. The number of benzene rings is 1. The zero-order chi connectivity index (χ0) is 15.0. The highest BCUT2D eigenvalue weighted by Crippen LogP contribution is 2.34. The number of fused-ring (bicyclic) bond motifs is 1. The van der Waals surface area contributed by atoms with Gasteiger partial charge in [-0.25, -0.2) is 9.69 Å². The molecule has 3 rings (SSSR count). The van der Waals surface area contributed by atoms with E-state index in [0.717, 1.165) is 12.8 Å². The van der Waals surface area contributed by atoms with Crippen LogP contribution in [0.25, 0.3) is 0 Å². The van der Waals surface area contributed by atoms with Gasteiger partial charge in [0.25, 0.3) is 0 Å². The van der Waals surface area contributed by atoms with E-state index >= 15 is 0 Å². The van der Waals surface area contributed by atoms with Crippen LogP contribution < -0.4 is 16.4 Å². The number of rotatable bonds is 2. The Labute approximate surface area is 122 Å². The Bertz CT molecular complexity index is 626. The molecular formula is C14H17N5O2. The summed E-state index contributed by atoms with van der Waals surface area (Å²) < 4.78 is 0. The van der Waals surface area contributed by atoms with E-state index in [-0.39, 0.29) is 23.7 Å². The van der Waals surface area contributed by atoms with Crippen molar-refractivity contribution < 1.29 is 10.0 Å². The molecule has 1 atom stereocenters. The molecule has 5 N–H and O–H groups in total. The summed E-state index contributed by atoms with van der Waals surface area (Å²) in [5, 5.41) is 12.1. The first-order valence-electron chi connectivity index (χ1n) is 6.78. The zero-order valence-electron chi connectivity index (χ0n) is 11.4. The SMILES string of the molecule is NC1=C(/C(N)=N\O)C2CCCN2C(=O)N1c1ccccc1. The van der Waals surface area contributed by atoms with Crippen LogP contribution in [0, 0.1) is 0 Å². The molecule has 0 radical (unpaired) electrons. The van der Waals surface area contributed by atoms with E-state index < -0.39 is 0 Å². The normalized spacial score (nSPS) is 22.8. The minimum atomic E-state index is -0.214. The van der Waals surface area contributed by atoms with Gasteiger partial charge in [-0.15, -0.1) is 0 Å². The molecule has 21 heavy (non-hydrogen) atoms. The maximum atomic E-state index is 12.7. The van der Waals surface area contributed by atoms with Gasteiger partial charge in [0.2, 0.25) is 0 Å². The fraction of sp³-hybridized carbons (Fsp3) is 0.286. The molecular weight excluding hydrogens is 270 g/mol. The summed E-state index contributed by atoms with van der Waals surface area (Å²) >= 11 is 0. The van der Waals surface area contributed by atoms with Crippen molar-refractivity contribution >= 4 is 17.6 Å². The van der Waals surface area contributed by atoms with E-state index in [9.17, 15) is 4.79 Å². The third kappa shape index (κ3) is 1.97. The Kier molecular flexibility index (Phi) is 3.17. The van der Waals surface area contributed by atoms with Crippen molar-refractivity contribution in [2.24, 2.45) is 16.6 Å². The average molecular weight is 287 g/mol. The molecule has 1 fully saturated rings. The molecule has 0 aliphatic carbocycles. The Morgan fingerprint density at radius 3 is 2.71 bits per heavy atom. The van der Waals surface area contributed by atoms with Gasteiger partial charge in [-0.3, -0.25) is 0 Å². The Morgan fingerprint density at radius 1 is 1.33 bits per heavy atom. The highest BCUT2D eigenvalue weighted by molar-refractivity contribution is 6.06. The predicted octanol–water partition coefficient (Wildman–Crippen LogP) is 1.01. The number of hydrogen-bond donors (Lipinski definition) is 3. The van der Waals surface area contributed by atoms with Crippen LogP contribution in [-0.4, -0.2) is 34.6 Å². The summed E-state index contributed by atoms with van der Waals surface area (Å²) in [7, 11) is 0. The van der Waals surface area contributed by atoms with Crippen molar-refractivity contribution in [1.29, 1.82) is 0 Å². The highest BCUT2D eigenvalue weighted by Gasteiger charge is 2.43. The molecule has 0 saturated carbocycles. The van der Waals surface area contributed by atoms with Crippen molar-refractivity contribution in [3.63, 3.8) is 0 Å². The minimum absolute atomic E-state index is 0.0437. The summed E-state index contributed by atoms with van der Waals surface area (Å²) in [5.74, 6) is 0.183. The number of amidine groups is 1. The minimum Gasteiger partial charge on any atom is -0.409 e. The van der Waals surface area contributed by atoms with E-state index in [2.05, 4.69) is 5.16 Å². The van der Waals surface area contributed by atoms with Gasteiger partial charge in [0.15, 0.2) is 5.84 Å². The number of oxime groups is 1. The van der Waals surface area contributed by atoms with Gasteiger partial charge in [-0.1, -0.05) is 23.4 Å². The quantitative estimate of drug-likeness (QED) is 0.326. The Balaban J connectivity index is 2.15. The van der Waals surface area contributed by atoms with Crippen LogP contribution in [0.4, 0.5) is 10.5 Å². The molecule has 1 saturated heterocycles. The summed E-state index contributed by atoms with van der Waals surface area (Å²) in [6, 6.07) is 8.73. The fourth-order valence-corrected chi connectivity index (χ4v) is 3.00. The Hall–Kier alpha value is -2.70. The number of carbonyl (C=O) groups excluding carboxylic acids is 1. The smallest absolute Gasteiger partial charge is 0.330 e. The largest absolute Gasteiger partial charge is 0.409 e. The van der Waals surface area contributed by atoms with Crippen molar-refractivity contribution in [3.8, 4) is 0 Å². The second kappa shape index (κ2) is 5.01. The summed E-state index contributed by atoms with van der Waals surface area (Å²) in [6.07, 6.45) is 1.63. The molecule has 7 nitrogen and oxygen atoms in total. The van der Waals surface area contributed by atoms with Crippen LogP contribution >= 0.6 is 0 Å². The first kappa shape index (κ1) is 13.3. The first-order chi connectivity index (χ1) is 10.1. The number of anilines is 1. The number of nitrogens with two attached hydrogens (primary N) is 2. The number of nitrogens with zero attached hydrogens (tertiary/aromatic N) is 3. The Morgan fingerprint density at radius 2 is 2.05 bits per heavy atom. The van der Waals surface area contributed by atoms with Crippen LogP contribution in [0.2, 0.25) is 0 Å². The molecule has 0 spiro atoms. The molecule has 2 heterocycles. The molecule has 2 aliphatic heterocycles. The van der Waals surface area contributed by atoms with Crippen LogP contribution in [0.5, 0.6) is 0 Å². The van der Waals surface area contributed by atoms with Gasteiger partial charge in [0, 0.05) is 6.54 Å². The number of urea groups is 1. The van der Waals surface area contributed by atoms with E-state index in [1.165, 1.54) is 4.90 Å². The predicted molar refractivity (Wildman–Crippen MR) is 78.7 cm³/mol. The van der Waals surface area contributed by atoms with Crippen molar-refractivity contribution in [2.75, 3.05) is 11.4 Å². The number of carbonyl (C=O) groups is 1. The number of hydrogen-bond acceptors (Lipinski definition) is 4. The van der Waals surface area contributed by atoms with Gasteiger partial charge in [-0.05, 0) is 25.0 Å². The van der Waals surface area contributed by atoms with Crippen molar-refractivity contribution in [2.45, 2.75) is 18.9 Å². The molecule has 1 aromatic rings. The van der Waals surface area contributed by atoms with Gasteiger partial charge < -0.3 is 21.6 Å². The van der Waals surface area contributed by atoms with E-state index in [1.807, 2.05) is 18.2 Å². The molecule has 0 aromatic heterocycles. The summed E-state index contributed by atoms with van der Waals surface area (Å²) in [5.41, 5.74) is 13.1. The van der Waals surface area contributed by atoms with E-state index in [4.69, 9.17) is 16.7 Å². The lowest BCUT2D eigenvalue weighted by molar-refractivity contribution is 0.203. The van der Waals surface area contributed by atoms with Crippen molar-refractivity contribution in [3.05, 3.63) is 41.7 Å². The molecule has 1 unspecified atom stereocenters. The van der Waals surface area contributed by atoms with Crippen LogP contribution in [0.3, 0.4) is 0 Å². The number of amides is 2. The molecule has 1 aromatic carbocycles. The van der Waals surface area contributed by atoms with Gasteiger partial charge >= 0.3 is 6.03 Å². The molecule has 7 heteroatoms. The van der Waals surface area contributed by atoms with Crippen LogP contribution in [-0.2, 0) is 0 Å². The summed E-state index contributed by atoms with van der Waals surface area (Å²) in [6.45, 7) is 0.641. The third-order valence-corrected chi connectivity index (χ3v) is 3.94. The number of para-hydroxylation sites is 1. The molecule has 0 bridgehead atoms. The summed E-state index contributed by atoms with van der Waals surface area (Å²) in [4.78, 5) is 15.8. The van der Waals surface area contributed by atoms with Gasteiger partial charge in [0.05, 0.1) is 17.3 Å². The lowest BCUT2D eigenvalue weighted by Gasteiger charge is -2.39. The lowest BCUT2D eigenvalue weighted by atomic mass is 10.0. The zero-order valence-corrected chi connectivity index (χ0v) is 11.4. The lowest BCUT2D eigenvalue weighted by Crippen LogP contribution is -2.55.